The van der Waals surface area contributed by atoms with Crippen LogP contribution in [-0.4, -0.2) is 31.1 Å². The van der Waals surface area contributed by atoms with Crippen molar-refractivity contribution in [1.82, 2.24) is 10.2 Å². The second-order valence-corrected chi connectivity index (χ2v) is 8.02. The number of aromatic amines is 1. The van der Waals surface area contributed by atoms with Crippen molar-refractivity contribution < 1.29 is 17.6 Å². The first-order chi connectivity index (χ1) is 13.3. The molecule has 1 amide bonds. The minimum absolute atomic E-state index is 0.110. The number of carbonyl (C=O) groups excluding carboxylic acids is 1. The number of rotatable bonds is 6. The summed E-state index contributed by atoms with van der Waals surface area (Å²) in [5, 5.41) is 9.45. The molecule has 7 nitrogen and oxygen atoms in total. The Balaban J connectivity index is 1.94. The lowest BCUT2D eigenvalue weighted by Gasteiger charge is -2.24. The monoisotopic (exact) mass is 402 g/mol. The van der Waals surface area contributed by atoms with Crippen molar-refractivity contribution in [1.29, 1.82) is 0 Å². The highest BCUT2D eigenvalue weighted by molar-refractivity contribution is 7.92. The quantitative estimate of drug-likeness (QED) is 0.663. The first-order valence-electron chi connectivity index (χ1n) is 8.44. The lowest BCUT2D eigenvalue weighted by molar-refractivity contribution is -0.114. The van der Waals surface area contributed by atoms with Gasteiger partial charge in [0.05, 0.1) is 27.7 Å². The van der Waals surface area contributed by atoms with Crippen LogP contribution in [0.2, 0.25) is 0 Å². The van der Waals surface area contributed by atoms with E-state index in [1.54, 1.807) is 44.2 Å². The van der Waals surface area contributed by atoms with Crippen molar-refractivity contribution in [2.45, 2.75) is 18.7 Å². The van der Waals surface area contributed by atoms with Crippen LogP contribution in [0.25, 0.3) is 0 Å². The van der Waals surface area contributed by atoms with Crippen LogP contribution in [0, 0.1) is 19.7 Å². The average Bonchev–Trinajstić information content (AvgIpc) is 2.99. The highest BCUT2D eigenvalue weighted by atomic mass is 32.2. The van der Waals surface area contributed by atoms with Gasteiger partial charge in [0.1, 0.15) is 12.4 Å². The molecule has 0 saturated carbocycles. The van der Waals surface area contributed by atoms with Crippen LogP contribution in [0.3, 0.4) is 0 Å². The topological polar surface area (TPSA) is 95.2 Å². The molecule has 146 valence electrons. The minimum atomic E-state index is -4.08. The molecule has 0 unspecified atom stereocenters. The number of nitrogens with one attached hydrogen (secondary N) is 2. The third kappa shape index (κ3) is 4.04. The number of amides is 1. The minimum Gasteiger partial charge on any atom is -0.321 e. The van der Waals surface area contributed by atoms with Gasteiger partial charge in [-0.2, -0.15) is 5.10 Å². The molecule has 0 aliphatic heterocycles. The number of nitrogens with zero attached hydrogens (tertiary/aromatic N) is 2. The molecule has 0 spiro atoms. The summed E-state index contributed by atoms with van der Waals surface area (Å²) in [6, 6.07) is 12.7. The van der Waals surface area contributed by atoms with E-state index in [0.29, 0.717) is 22.8 Å². The molecule has 0 atom stereocenters. The van der Waals surface area contributed by atoms with E-state index in [4.69, 9.17) is 0 Å². The first kappa shape index (κ1) is 19.6. The molecule has 9 heteroatoms. The van der Waals surface area contributed by atoms with Crippen molar-refractivity contribution in [3.63, 3.8) is 0 Å². The van der Waals surface area contributed by atoms with Crippen LogP contribution < -0.4 is 9.62 Å². The van der Waals surface area contributed by atoms with E-state index < -0.39 is 28.3 Å². The zero-order valence-electron chi connectivity index (χ0n) is 15.3. The predicted octanol–water partition coefficient (Wildman–Crippen LogP) is 3.00. The summed E-state index contributed by atoms with van der Waals surface area (Å²) in [4.78, 5) is 12.5. The van der Waals surface area contributed by atoms with Gasteiger partial charge in [0.15, 0.2) is 0 Å². The molecule has 0 aliphatic rings. The number of benzene rings is 2. The Morgan fingerprint density at radius 1 is 1.11 bits per heavy atom. The van der Waals surface area contributed by atoms with Gasteiger partial charge in [0.25, 0.3) is 10.0 Å². The molecule has 0 radical (unpaired) electrons. The van der Waals surface area contributed by atoms with Crippen LogP contribution in [0.4, 0.5) is 15.8 Å². The zero-order chi connectivity index (χ0) is 20.3. The smallest absolute Gasteiger partial charge is 0.264 e. The second kappa shape index (κ2) is 7.81. The van der Waals surface area contributed by atoms with Crippen LogP contribution in [-0.2, 0) is 14.8 Å². The van der Waals surface area contributed by atoms with Gasteiger partial charge in [-0.1, -0.05) is 18.2 Å². The number of anilines is 2. The molecule has 2 N–H and O–H groups in total. The fraction of sp³-hybridized carbons (Fsp3) is 0.158. The molecule has 3 aromatic rings. The molecule has 0 saturated heterocycles. The van der Waals surface area contributed by atoms with Gasteiger partial charge in [-0.3, -0.25) is 14.2 Å². The highest BCUT2D eigenvalue weighted by Crippen LogP contribution is 2.24. The van der Waals surface area contributed by atoms with Crippen LogP contribution in [0.15, 0.2) is 59.5 Å². The molecule has 28 heavy (non-hydrogen) atoms. The maximum atomic E-state index is 13.2. The largest absolute Gasteiger partial charge is 0.321 e. The third-order valence-corrected chi connectivity index (χ3v) is 5.91. The van der Waals surface area contributed by atoms with Crippen molar-refractivity contribution in [2.24, 2.45) is 0 Å². The van der Waals surface area contributed by atoms with E-state index in [1.807, 2.05) is 0 Å². The van der Waals surface area contributed by atoms with E-state index in [0.717, 1.165) is 16.4 Å². The predicted molar refractivity (Wildman–Crippen MR) is 104 cm³/mol. The van der Waals surface area contributed by atoms with Gasteiger partial charge in [-0.05, 0) is 50.2 Å². The summed E-state index contributed by atoms with van der Waals surface area (Å²) in [6.45, 7) is 3.02. The zero-order valence-corrected chi connectivity index (χ0v) is 16.1. The molecule has 1 heterocycles. The summed E-state index contributed by atoms with van der Waals surface area (Å²) < 4.78 is 40.4. The summed E-state index contributed by atoms with van der Waals surface area (Å²) >= 11 is 0. The number of hydrogen-bond donors (Lipinski definition) is 2. The Morgan fingerprint density at radius 3 is 2.32 bits per heavy atom. The van der Waals surface area contributed by atoms with Gasteiger partial charge in [-0.15, -0.1) is 0 Å². The normalized spacial score (nSPS) is 11.2. The maximum absolute atomic E-state index is 13.2. The number of H-pyrrole nitrogens is 1. The van der Waals surface area contributed by atoms with Gasteiger partial charge >= 0.3 is 0 Å². The summed E-state index contributed by atoms with van der Waals surface area (Å²) in [6.07, 6.45) is 0. The molecule has 0 fully saturated rings. The molecule has 0 aliphatic carbocycles. The number of sulfonamides is 1. The number of para-hydroxylation sites is 1. The van der Waals surface area contributed by atoms with Crippen LogP contribution in [0.5, 0.6) is 0 Å². The molecule has 3 rings (SSSR count). The SMILES string of the molecule is Cc1n[nH]c(C)c1NC(=O)CN(c1ccccc1)S(=O)(=O)c1ccc(F)cc1. The molecule has 1 aromatic heterocycles. The first-order valence-corrected chi connectivity index (χ1v) is 9.88. The fourth-order valence-corrected chi connectivity index (χ4v) is 4.11. The van der Waals surface area contributed by atoms with Gasteiger partial charge in [0, 0.05) is 0 Å². The van der Waals surface area contributed by atoms with E-state index in [-0.39, 0.29) is 4.90 Å². The number of hydrogen-bond acceptors (Lipinski definition) is 4. The standard InChI is InChI=1S/C19H19FN4O3S/c1-13-19(14(2)23-22-13)21-18(25)12-24(16-6-4-3-5-7-16)28(26,27)17-10-8-15(20)9-11-17/h3-11H,12H2,1-2H3,(H,21,25)(H,22,23). The second-order valence-electron chi connectivity index (χ2n) is 6.16. The lowest BCUT2D eigenvalue weighted by atomic mass is 10.3. The molecule has 0 bridgehead atoms. The Hall–Kier alpha value is -3.20. The maximum Gasteiger partial charge on any atom is 0.264 e. The van der Waals surface area contributed by atoms with E-state index in [2.05, 4.69) is 15.5 Å². The highest BCUT2D eigenvalue weighted by Gasteiger charge is 2.27. The van der Waals surface area contributed by atoms with Crippen LogP contribution >= 0.6 is 0 Å². The van der Waals surface area contributed by atoms with Gasteiger partial charge in [-0.25, -0.2) is 12.8 Å². The average molecular weight is 402 g/mol. The molecular weight excluding hydrogens is 383 g/mol. The fourth-order valence-electron chi connectivity index (χ4n) is 2.69. The number of carbonyl (C=O) groups is 1. The Labute approximate surface area is 162 Å². The Morgan fingerprint density at radius 2 is 1.75 bits per heavy atom. The van der Waals surface area contributed by atoms with Crippen molar-refractivity contribution in [2.75, 3.05) is 16.2 Å². The van der Waals surface area contributed by atoms with Gasteiger partial charge < -0.3 is 5.32 Å². The number of halogens is 1. The molecule has 2 aromatic carbocycles. The third-order valence-electron chi connectivity index (χ3n) is 4.13. The number of aryl methyl sites for hydroxylation is 2. The van der Waals surface area contributed by atoms with Crippen LogP contribution in [0.1, 0.15) is 11.4 Å². The summed E-state index contributed by atoms with van der Waals surface area (Å²) in [5.74, 6) is -1.07. The summed E-state index contributed by atoms with van der Waals surface area (Å²) in [5.41, 5.74) is 2.09. The van der Waals surface area contributed by atoms with Crippen molar-refractivity contribution in [3.8, 4) is 0 Å². The summed E-state index contributed by atoms with van der Waals surface area (Å²) in [7, 11) is -4.08. The Bertz CT molecular complexity index is 1060. The molecular formula is C19H19FN4O3S. The lowest BCUT2D eigenvalue weighted by Crippen LogP contribution is -2.38. The van der Waals surface area contributed by atoms with E-state index in [9.17, 15) is 17.6 Å². The van der Waals surface area contributed by atoms with Gasteiger partial charge in [0.2, 0.25) is 5.91 Å². The number of aromatic nitrogens is 2. The Kier molecular flexibility index (Phi) is 5.46. The van der Waals surface area contributed by atoms with Crippen molar-refractivity contribution >= 4 is 27.3 Å². The van der Waals surface area contributed by atoms with Crippen molar-refractivity contribution in [3.05, 3.63) is 71.8 Å². The van der Waals surface area contributed by atoms with E-state index >= 15 is 0 Å². The van der Waals surface area contributed by atoms with E-state index in [1.165, 1.54) is 12.1 Å².